The molecule has 0 aliphatic heterocycles. The minimum Gasteiger partial charge on any atom is -0.203 e. The van der Waals surface area contributed by atoms with Crippen molar-refractivity contribution in [3.05, 3.63) is 52.4 Å². The summed E-state index contributed by atoms with van der Waals surface area (Å²) in [5, 5.41) is -1.24. The van der Waals surface area contributed by atoms with Crippen molar-refractivity contribution in [3.8, 4) is 11.1 Å². The van der Waals surface area contributed by atoms with Gasteiger partial charge in [-0.1, -0.05) is 0 Å². The highest BCUT2D eigenvalue weighted by atomic mass is 31.0. The Balaban J connectivity index is 3.03. The summed E-state index contributed by atoms with van der Waals surface area (Å²) in [5.74, 6) is -21.5. The number of hydrogen-bond donors (Lipinski definition) is 0. The molecule has 2 rings (SSSR count). The molecule has 0 bridgehead atoms. The lowest BCUT2D eigenvalue weighted by Crippen LogP contribution is -2.16. The van der Waals surface area contributed by atoms with E-state index in [9.17, 15) is 39.5 Å². The van der Waals surface area contributed by atoms with Gasteiger partial charge in [0, 0.05) is 10.9 Å². The van der Waals surface area contributed by atoms with Crippen LogP contribution in [0.2, 0.25) is 0 Å². The quantitative estimate of drug-likeness (QED) is 0.315. The van der Waals surface area contributed by atoms with E-state index in [-0.39, 0.29) is 0 Å². The summed E-state index contributed by atoms with van der Waals surface area (Å²) in [4.78, 5) is 0. The normalized spacial score (nSPS) is 11.2. The number of benzene rings is 2. The minimum absolute atomic E-state index is 1.24. The summed E-state index contributed by atoms with van der Waals surface area (Å²) in [6, 6.07) is 0. The average molecular weight is 348 g/mol. The molecule has 1 atom stereocenters. The first-order valence-electron chi connectivity index (χ1n) is 5.24. The molecule has 0 heterocycles. The van der Waals surface area contributed by atoms with E-state index in [1.54, 1.807) is 0 Å². The maximum absolute atomic E-state index is 13.6. The lowest BCUT2D eigenvalue weighted by atomic mass is 10.0. The van der Waals surface area contributed by atoms with Crippen LogP contribution in [0.1, 0.15) is 0 Å². The average Bonchev–Trinajstić information content (AvgIpc) is 2.50. The molecule has 118 valence electrons. The van der Waals surface area contributed by atoms with Crippen LogP contribution in [-0.2, 0) is 0 Å². The van der Waals surface area contributed by atoms with Crippen molar-refractivity contribution in [2.24, 2.45) is 0 Å². The van der Waals surface area contributed by atoms with Gasteiger partial charge in [-0.05, 0) is 0 Å². The summed E-state index contributed by atoms with van der Waals surface area (Å²) in [6.45, 7) is 0. The van der Waals surface area contributed by atoms with Crippen LogP contribution in [-0.4, -0.2) is 0 Å². The maximum atomic E-state index is 13.6. The van der Waals surface area contributed by atoms with Crippen molar-refractivity contribution in [1.29, 1.82) is 0 Å². The lowest BCUT2D eigenvalue weighted by molar-refractivity contribution is 0.379. The molecular weight excluding hydrogens is 346 g/mol. The van der Waals surface area contributed by atoms with E-state index in [1.165, 1.54) is 9.24 Å². The highest BCUT2D eigenvalue weighted by Crippen LogP contribution is 2.34. The zero-order valence-electron chi connectivity index (χ0n) is 9.98. The minimum atomic E-state index is -2.53. The van der Waals surface area contributed by atoms with Crippen molar-refractivity contribution in [2.75, 3.05) is 0 Å². The SMILES string of the molecule is Fc1c(F)c(F)c(-c2c(F)c(F)c(F)c(F)c2P)c(F)c1F. The fourth-order valence-electron chi connectivity index (χ4n) is 1.72. The highest BCUT2D eigenvalue weighted by molar-refractivity contribution is 7.28. The molecule has 0 aromatic heterocycles. The number of halogens is 9. The molecule has 2 aromatic rings. The molecule has 0 amide bonds. The van der Waals surface area contributed by atoms with Gasteiger partial charge >= 0.3 is 0 Å². The van der Waals surface area contributed by atoms with E-state index in [0.29, 0.717) is 0 Å². The molecule has 1 unspecified atom stereocenters. The Hall–Kier alpha value is -1.76. The first-order chi connectivity index (χ1) is 10.1. The zero-order chi connectivity index (χ0) is 16.9. The standard InChI is InChI=1S/C12H2F9P/c13-3-1(4(14)7(17)9(19)6(3)16)2-5(15)8(18)10(20)11(21)12(2)22/h22H2. The molecule has 0 radical (unpaired) electrons. The third-order valence-corrected chi connectivity index (χ3v) is 3.31. The predicted molar refractivity (Wildman–Crippen MR) is 60.8 cm³/mol. The van der Waals surface area contributed by atoms with Gasteiger partial charge in [0.1, 0.15) is 0 Å². The Bertz CT molecular complexity index is 675. The van der Waals surface area contributed by atoms with Gasteiger partial charge in [0.2, 0.25) is 5.82 Å². The van der Waals surface area contributed by atoms with E-state index in [0.717, 1.165) is 0 Å². The Kier molecular flexibility index (Phi) is 4.12. The van der Waals surface area contributed by atoms with Gasteiger partial charge in [0.05, 0.1) is 5.56 Å². The van der Waals surface area contributed by atoms with Crippen LogP contribution in [0.3, 0.4) is 0 Å². The smallest absolute Gasteiger partial charge is 0.200 e. The summed E-state index contributed by atoms with van der Waals surface area (Å²) < 4.78 is 119. The second-order valence-corrected chi connectivity index (χ2v) is 4.57. The molecule has 0 saturated heterocycles. The Morgan fingerprint density at radius 2 is 0.636 bits per heavy atom. The van der Waals surface area contributed by atoms with Crippen LogP contribution in [0, 0.1) is 52.4 Å². The molecule has 22 heavy (non-hydrogen) atoms. The van der Waals surface area contributed by atoms with Gasteiger partial charge in [0.25, 0.3) is 0 Å². The Morgan fingerprint density at radius 3 is 1.05 bits per heavy atom. The Labute approximate surface area is 118 Å². The fourth-order valence-corrected chi connectivity index (χ4v) is 2.12. The third-order valence-electron chi connectivity index (χ3n) is 2.76. The zero-order valence-corrected chi connectivity index (χ0v) is 11.1. The topological polar surface area (TPSA) is 0 Å². The molecule has 2 aromatic carbocycles. The van der Waals surface area contributed by atoms with Crippen molar-refractivity contribution in [2.45, 2.75) is 0 Å². The molecule has 0 fully saturated rings. The van der Waals surface area contributed by atoms with Gasteiger partial charge in [-0.15, -0.1) is 9.24 Å². The van der Waals surface area contributed by atoms with Gasteiger partial charge in [-0.3, -0.25) is 0 Å². The first kappa shape index (κ1) is 16.6. The fraction of sp³-hybridized carbons (Fsp3) is 0. The molecule has 0 saturated carbocycles. The second-order valence-electron chi connectivity index (χ2n) is 3.99. The van der Waals surface area contributed by atoms with Gasteiger partial charge < -0.3 is 0 Å². The summed E-state index contributed by atoms with van der Waals surface area (Å²) >= 11 is 0. The van der Waals surface area contributed by atoms with Crippen LogP contribution in [0.5, 0.6) is 0 Å². The summed E-state index contributed by atoms with van der Waals surface area (Å²) in [5.41, 5.74) is -3.54. The molecule has 0 N–H and O–H groups in total. The van der Waals surface area contributed by atoms with Crippen LogP contribution >= 0.6 is 9.24 Å². The van der Waals surface area contributed by atoms with Crippen molar-refractivity contribution < 1.29 is 39.5 Å². The van der Waals surface area contributed by atoms with Crippen LogP contribution in [0.4, 0.5) is 39.5 Å². The van der Waals surface area contributed by atoms with E-state index in [1.807, 2.05) is 0 Å². The highest BCUT2D eigenvalue weighted by Gasteiger charge is 2.32. The van der Waals surface area contributed by atoms with Gasteiger partial charge in [0.15, 0.2) is 46.5 Å². The number of rotatable bonds is 1. The molecule has 0 aliphatic rings. The molecule has 10 heteroatoms. The van der Waals surface area contributed by atoms with Crippen LogP contribution in [0.15, 0.2) is 0 Å². The Morgan fingerprint density at radius 1 is 0.364 bits per heavy atom. The van der Waals surface area contributed by atoms with E-state index >= 15 is 0 Å². The van der Waals surface area contributed by atoms with Gasteiger partial charge in [-0.2, -0.15) is 0 Å². The lowest BCUT2D eigenvalue weighted by Gasteiger charge is -2.13. The maximum Gasteiger partial charge on any atom is 0.200 e. The van der Waals surface area contributed by atoms with E-state index in [4.69, 9.17) is 0 Å². The summed E-state index contributed by atoms with van der Waals surface area (Å²) in [6.07, 6.45) is 0. The third kappa shape index (κ3) is 2.15. The predicted octanol–water partition coefficient (Wildman–Crippen LogP) is 4.11. The van der Waals surface area contributed by atoms with Crippen LogP contribution < -0.4 is 5.30 Å². The summed E-state index contributed by atoms with van der Waals surface area (Å²) in [7, 11) is 1.30. The molecule has 0 nitrogen and oxygen atoms in total. The molecule has 0 aliphatic carbocycles. The second kappa shape index (κ2) is 5.46. The molecular formula is C12H2F9P. The van der Waals surface area contributed by atoms with E-state index < -0.39 is 68.8 Å². The van der Waals surface area contributed by atoms with Crippen molar-refractivity contribution in [1.82, 2.24) is 0 Å². The van der Waals surface area contributed by atoms with Crippen molar-refractivity contribution >= 4 is 14.5 Å². The van der Waals surface area contributed by atoms with Gasteiger partial charge in [-0.25, -0.2) is 39.5 Å². The monoisotopic (exact) mass is 348 g/mol. The van der Waals surface area contributed by atoms with Crippen molar-refractivity contribution in [3.63, 3.8) is 0 Å². The largest absolute Gasteiger partial charge is 0.203 e. The van der Waals surface area contributed by atoms with E-state index in [2.05, 4.69) is 0 Å². The first-order valence-corrected chi connectivity index (χ1v) is 5.82. The number of hydrogen-bond acceptors (Lipinski definition) is 0. The molecule has 0 spiro atoms. The van der Waals surface area contributed by atoms with Crippen LogP contribution in [0.25, 0.3) is 11.1 Å².